The molecule has 0 aromatic heterocycles. The molecule has 0 radical (unpaired) electrons. The van der Waals surface area contributed by atoms with Crippen molar-refractivity contribution in [2.45, 2.75) is 18.7 Å². The maximum absolute atomic E-state index is 13.2. The number of esters is 1. The van der Waals surface area contributed by atoms with Gasteiger partial charge in [0.15, 0.2) is 0 Å². The number of anilines is 2. The van der Waals surface area contributed by atoms with E-state index in [1.54, 1.807) is 6.92 Å². The molecule has 1 N–H and O–H groups in total. The molecule has 0 aliphatic carbocycles. The van der Waals surface area contributed by atoms with Crippen molar-refractivity contribution in [1.82, 2.24) is 0 Å². The predicted octanol–water partition coefficient (Wildman–Crippen LogP) is 2.23. The fraction of sp³-hybridized carbons (Fsp3) is 0.222. The van der Waals surface area contributed by atoms with E-state index in [1.165, 1.54) is 43.3 Å². The first-order chi connectivity index (χ1) is 13.6. The van der Waals surface area contributed by atoms with E-state index in [0.717, 1.165) is 17.5 Å². The quantitative estimate of drug-likeness (QED) is 0.411. The van der Waals surface area contributed by atoms with Gasteiger partial charge >= 0.3 is 5.97 Å². The molecule has 29 heavy (non-hydrogen) atoms. The summed E-state index contributed by atoms with van der Waals surface area (Å²) in [5.41, 5.74) is 0.465. The summed E-state index contributed by atoms with van der Waals surface area (Å²) in [5, 5.41) is 13.6. The van der Waals surface area contributed by atoms with E-state index in [1.807, 2.05) is 0 Å². The van der Waals surface area contributed by atoms with Crippen LogP contribution in [0.1, 0.15) is 12.5 Å². The maximum atomic E-state index is 13.2. The SMILES string of the molecule is COC(=O)CN(c1cc([N+](=O)[O-])ccc1C)S(=O)(=O)c1ccc(NC(C)=O)cc1. The summed E-state index contributed by atoms with van der Waals surface area (Å²) in [6.45, 7) is 2.21. The molecule has 0 fully saturated rings. The van der Waals surface area contributed by atoms with Gasteiger partial charge in [-0.1, -0.05) is 6.07 Å². The second kappa shape index (κ2) is 8.69. The number of amides is 1. The largest absolute Gasteiger partial charge is 0.468 e. The lowest BCUT2D eigenvalue weighted by Crippen LogP contribution is -2.36. The van der Waals surface area contributed by atoms with Crippen LogP contribution in [0, 0.1) is 17.0 Å². The Kier molecular flexibility index (Phi) is 6.54. The third-order valence-corrected chi connectivity index (χ3v) is 5.71. The number of non-ortho nitro benzene ring substituents is 1. The van der Waals surface area contributed by atoms with Crippen LogP contribution in [0.25, 0.3) is 0 Å². The fourth-order valence-corrected chi connectivity index (χ4v) is 3.97. The Morgan fingerprint density at radius 1 is 1.17 bits per heavy atom. The lowest BCUT2D eigenvalue weighted by molar-refractivity contribution is -0.384. The number of carbonyl (C=O) groups excluding carboxylic acids is 2. The number of hydrogen-bond acceptors (Lipinski definition) is 7. The minimum Gasteiger partial charge on any atom is -0.468 e. The molecule has 2 rings (SSSR count). The van der Waals surface area contributed by atoms with E-state index >= 15 is 0 Å². The first-order valence-corrected chi connectivity index (χ1v) is 9.72. The van der Waals surface area contributed by atoms with Crippen molar-refractivity contribution in [3.63, 3.8) is 0 Å². The summed E-state index contributed by atoms with van der Waals surface area (Å²) < 4.78 is 31.8. The van der Waals surface area contributed by atoms with E-state index in [0.29, 0.717) is 11.3 Å². The molecular weight excluding hydrogens is 402 g/mol. The summed E-state index contributed by atoms with van der Waals surface area (Å²) in [6, 6.07) is 9.03. The number of carbonyl (C=O) groups is 2. The van der Waals surface area contributed by atoms with E-state index < -0.39 is 27.5 Å². The summed E-state index contributed by atoms with van der Waals surface area (Å²) in [7, 11) is -3.17. The van der Waals surface area contributed by atoms with Crippen LogP contribution in [0.5, 0.6) is 0 Å². The number of sulfonamides is 1. The summed E-state index contributed by atoms with van der Waals surface area (Å²) in [6.07, 6.45) is 0. The van der Waals surface area contributed by atoms with Crippen molar-refractivity contribution in [2.75, 3.05) is 23.3 Å². The van der Waals surface area contributed by atoms with Crippen molar-refractivity contribution in [2.24, 2.45) is 0 Å². The number of aryl methyl sites for hydroxylation is 1. The van der Waals surface area contributed by atoms with Crippen LogP contribution in [0.3, 0.4) is 0 Å². The number of nitro benzene ring substituents is 1. The predicted molar refractivity (Wildman–Crippen MR) is 105 cm³/mol. The molecule has 0 atom stereocenters. The highest BCUT2D eigenvalue weighted by Gasteiger charge is 2.30. The smallest absolute Gasteiger partial charge is 0.326 e. The lowest BCUT2D eigenvalue weighted by atomic mass is 10.2. The molecule has 0 aliphatic heterocycles. The molecule has 0 spiro atoms. The van der Waals surface area contributed by atoms with E-state index in [9.17, 15) is 28.1 Å². The Morgan fingerprint density at radius 3 is 2.31 bits per heavy atom. The van der Waals surface area contributed by atoms with Crippen LogP contribution in [0.4, 0.5) is 17.1 Å². The molecule has 0 aliphatic rings. The van der Waals surface area contributed by atoms with E-state index in [-0.39, 0.29) is 22.2 Å². The van der Waals surface area contributed by atoms with Gasteiger partial charge < -0.3 is 10.1 Å². The number of rotatable bonds is 7. The lowest BCUT2D eigenvalue weighted by Gasteiger charge is -2.25. The second-order valence-electron chi connectivity index (χ2n) is 6.02. The van der Waals surface area contributed by atoms with Crippen molar-refractivity contribution in [1.29, 1.82) is 0 Å². The fourth-order valence-electron chi connectivity index (χ4n) is 2.50. The highest BCUT2D eigenvalue weighted by Crippen LogP contribution is 2.30. The molecule has 0 bridgehead atoms. The molecule has 11 heteroatoms. The van der Waals surface area contributed by atoms with Crippen LogP contribution in [-0.2, 0) is 24.3 Å². The maximum Gasteiger partial charge on any atom is 0.326 e. The van der Waals surface area contributed by atoms with Crippen molar-refractivity contribution < 1.29 is 27.7 Å². The van der Waals surface area contributed by atoms with Crippen LogP contribution < -0.4 is 9.62 Å². The van der Waals surface area contributed by atoms with Gasteiger partial charge in [0, 0.05) is 24.7 Å². The summed E-state index contributed by atoms with van der Waals surface area (Å²) >= 11 is 0. The number of benzene rings is 2. The van der Waals surface area contributed by atoms with Crippen LogP contribution in [0.15, 0.2) is 47.4 Å². The second-order valence-corrected chi connectivity index (χ2v) is 7.88. The number of nitro groups is 1. The molecule has 10 nitrogen and oxygen atoms in total. The molecule has 0 saturated carbocycles. The first kappa shape index (κ1) is 21.8. The number of nitrogens with one attached hydrogen (secondary N) is 1. The Morgan fingerprint density at radius 2 is 1.79 bits per heavy atom. The highest BCUT2D eigenvalue weighted by molar-refractivity contribution is 7.92. The van der Waals surface area contributed by atoms with Crippen molar-refractivity contribution in [3.05, 3.63) is 58.1 Å². The third-order valence-electron chi connectivity index (χ3n) is 3.94. The number of methoxy groups -OCH3 is 1. The Labute approximate surface area is 167 Å². The average molecular weight is 421 g/mol. The van der Waals surface area contributed by atoms with E-state index in [2.05, 4.69) is 10.1 Å². The van der Waals surface area contributed by atoms with Gasteiger partial charge in [0.05, 0.1) is 22.6 Å². The van der Waals surface area contributed by atoms with Crippen molar-refractivity contribution in [3.8, 4) is 0 Å². The number of ether oxygens (including phenoxy) is 1. The Hall–Kier alpha value is -3.47. The minimum atomic E-state index is -4.27. The molecule has 154 valence electrons. The zero-order valence-electron chi connectivity index (χ0n) is 15.9. The number of nitrogens with zero attached hydrogens (tertiary/aromatic N) is 2. The van der Waals surface area contributed by atoms with Gasteiger partial charge in [-0.15, -0.1) is 0 Å². The normalized spacial score (nSPS) is 10.9. The zero-order chi connectivity index (χ0) is 21.8. The standard InChI is InChI=1S/C18H19N3O7S/c1-12-4-7-15(21(24)25)10-17(12)20(11-18(23)28-3)29(26,27)16-8-5-14(6-9-16)19-13(2)22/h4-10H,11H2,1-3H3,(H,19,22). The van der Waals surface area contributed by atoms with Gasteiger partial charge in [-0.3, -0.25) is 24.0 Å². The average Bonchev–Trinajstić information content (AvgIpc) is 2.66. The van der Waals surface area contributed by atoms with E-state index in [4.69, 9.17) is 0 Å². The van der Waals surface area contributed by atoms with Gasteiger partial charge in [-0.25, -0.2) is 8.42 Å². The van der Waals surface area contributed by atoms with Crippen LogP contribution >= 0.6 is 0 Å². The van der Waals surface area contributed by atoms with Crippen molar-refractivity contribution >= 4 is 39.0 Å². The molecule has 2 aromatic rings. The molecule has 0 unspecified atom stereocenters. The monoisotopic (exact) mass is 421 g/mol. The Bertz CT molecular complexity index is 1050. The number of hydrogen-bond donors (Lipinski definition) is 1. The molecule has 1 amide bonds. The first-order valence-electron chi connectivity index (χ1n) is 8.28. The Balaban J connectivity index is 2.57. The molecule has 2 aromatic carbocycles. The van der Waals surface area contributed by atoms with Gasteiger partial charge in [-0.2, -0.15) is 0 Å². The summed E-state index contributed by atoms with van der Waals surface area (Å²) in [5.74, 6) is -1.16. The van der Waals surface area contributed by atoms with Gasteiger partial charge in [0.1, 0.15) is 6.54 Å². The topological polar surface area (TPSA) is 136 Å². The van der Waals surface area contributed by atoms with Gasteiger partial charge in [0.2, 0.25) is 5.91 Å². The van der Waals surface area contributed by atoms with Gasteiger partial charge in [-0.05, 0) is 36.8 Å². The minimum absolute atomic E-state index is 0.0180. The summed E-state index contributed by atoms with van der Waals surface area (Å²) in [4.78, 5) is 33.3. The molecule has 0 saturated heterocycles. The molecule has 0 heterocycles. The highest BCUT2D eigenvalue weighted by atomic mass is 32.2. The third kappa shape index (κ3) is 5.08. The van der Waals surface area contributed by atoms with Gasteiger partial charge in [0.25, 0.3) is 15.7 Å². The zero-order valence-corrected chi connectivity index (χ0v) is 16.7. The van der Waals surface area contributed by atoms with Crippen LogP contribution in [-0.4, -0.2) is 38.9 Å². The molecular formula is C18H19N3O7S. The van der Waals surface area contributed by atoms with Crippen LogP contribution in [0.2, 0.25) is 0 Å².